The van der Waals surface area contributed by atoms with E-state index in [0.29, 0.717) is 12.8 Å². The van der Waals surface area contributed by atoms with E-state index >= 15 is 0 Å². The molecule has 2 amide bonds. The predicted molar refractivity (Wildman–Crippen MR) is 69.8 cm³/mol. The van der Waals surface area contributed by atoms with Crippen molar-refractivity contribution in [3.05, 3.63) is 29.3 Å². The van der Waals surface area contributed by atoms with Gasteiger partial charge in [0.25, 0.3) is 0 Å². The Kier molecular flexibility index (Phi) is 2.81. The summed E-state index contributed by atoms with van der Waals surface area (Å²) in [6.45, 7) is 0. The number of fused-ring (bicyclic) bond motifs is 1. The van der Waals surface area contributed by atoms with Crippen LogP contribution in [-0.2, 0) is 22.4 Å². The van der Waals surface area contributed by atoms with Crippen molar-refractivity contribution in [2.75, 3.05) is 7.11 Å². The van der Waals surface area contributed by atoms with Gasteiger partial charge in [0.05, 0.1) is 7.11 Å². The molecular weight excluding hydrogens is 242 g/mol. The zero-order valence-electron chi connectivity index (χ0n) is 11.0. The first kappa shape index (κ1) is 12.2. The molecule has 1 fully saturated rings. The van der Waals surface area contributed by atoms with Gasteiger partial charge in [-0.15, -0.1) is 0 Å². The van der Waals surface area contributed by atoms with Crippen molar-refractivity contribution < 1.29 is 14.3 Å². The van der Waals surface area contributed by atoms with Crippen LogP contribution in [0.3, 0.4) is 0 Å². The van der Waals surface area contributed by atoms with Crippen LogP contribution in [0.2, 0.25) is 0 Å². The van der Waals surface area contributed by atoms with Gasteiger partial charge in [0.15, 0.2) is 0 Å². The Balaban J connectivity index is 1.91. The maximum Gasteiger partial charge on any atom is 0.227 e. The van der Waals surface area contributed by atoms with E-state index in [2.05, 4.69) is 11.4 Å². The van der Waals surface area contributed by atoms with Gasteiger partial charge in [-0.1, -0.05) is 6.07 Å². The minimum Gasteiger partial charge on any atom is -0.497 e. The largest absolute Gasteiger partial charge is 0.497 e. The molecule has 1 aliphatic carbocycles. The summed E-state index contributed by atoms with van der Waals surface area (Å²) in [4.78, 5) is 23.3. The molecule has 19 heavy (non-hydrogen) atoms. The molecule has 1 spiro atoms. The minimum atomic E-state index is -0.182. The van der Waals surface area contributed by atoms with Gasteiger partial charge >= 0.3 is 0 Å². The number of hydrogen-bond donors (Lipinski definition) is 1. The molecule has 1 heterocycles. The van der Waals surface area contributed by atoms with Crippen LogP contribution in [-0.4, -0.2) is 18.9 Å². The summed E-state index contributed by atoms with van der Waals surface area (Å²) in [7, 11) is 1.65. The summed E-state index contributed by atoms with van der Waals surface area (Å²) >= 11 is 0. The molecule has 0 unspecified atom stereocenters. The zero-order valence-corrected chi connectivity index (χ0v) is 11.0. The highest BCUT2D eigenvalue weighted by Crippen LogP contribution is 2.43. The van der Waals surface area contributed by atoms with Crippen LogP contribution in [0, 0.1) is 5.41 Å². The summed E-state index contributed by atoms with van der Waals surface area (Å²) in [5.74, 6) is 0.563. The fraction of sp³-hybridized carbons (Fsp3) is 0.467. The lowest BCUT2D eigenvalue weighted by atomic mass is 9.66. The second-order valence-electron chi connectivity index (χ2n) is 5.64. The molecule has 4 nitrogen and oxygen atoms in total. The van der Waals surface area contributed by atoms with E-state index in [4.69, 9.17) is 4.74 Å². The first-order valence-corrected chi connectivity index (χ1v) is 6.59. The first-order valence-electron chi connectivity index (χ1n) is 6.59. The van der Waals surface area contributed by atoms with E-state index < -0.39 is 0 Å². The number of carbonyl (C=O) groups is 2. The van der Waals surface area contributed by atoms with Crippen molar-refractivity contribution in [3.8, 4) is 5.75 Å². The van der Waals surface area contributed by atoms with Crippen molar-refractivity contribution in [1.82, 2.24) is 5.32 Å². The maximum absolute atomic E-state index is 11.6. The number of benzene rings is 1. The van der Waals surface area contributed by atoms with Crippen molar-refractivity contribution in [1.29, 1.82) is 0 Å². The quantitative estimate of drug-likeness (QED) is 0.779. The smallest absolute Gasteiger partial charge is 0.227 e. The van der Waals surface area contributed by atoms with Crippen LogP contribution in [0.4, 0.5) is 0 Å². The van der Waals surface area contributed by atoms with Gasteiger partial charge in [0.2, 0.25) is 11.8 Å². The number of nitrogens with one attached hydrogen (secondary N) is 1. The fourth-order valence-corrected chi connectivity index (χ4v) is 3.32. The lowest BCUT2D eigenvalue weighted by molar-refractivity contribution is -0.138. The molecule has 2 aliphatic rings. The Labute approximate surface area is 112 Å². The Bertz CT molecular complexity index is 534. The number of aryl methyl sites for hydroxylation is 1. The normalized spacial score (nSPS) is 20.9. The van der Waals surface area contributed by atoms with Crippen LogP contribution in [0.1, 0.15) is 30.4 Å². The Morgan fingerprint density at radius 1 is 1.11 bits per heavy atom. The van der Waals surface area contributed by atoms with Gasteiger partial charge in [0, 0.05) is 12.8 Å². The third-order valence-electron chi connectivity index (χ3n) is 4.25. The summed E-state index contributed by atoms with van der Waals surface area (Å²) in [6.07, 6.45) is 3.54. The lowest BCUT2D eigenvalue weighted by Crippen LogP contribution is -2.47. The number of methoxy groups -OCH3 is 1. The molecular formula is C15H17NO3. The number of hydrogen-bond acceptors (Lipinski definition) is 3. The van der Waals surface area contributed by atoms with E-state index in [1.54, 1.807) is 7.11 Å². The third kappa shape index (κ3) is 2.23. The van der Waals surface area contributed by atoms with Crippen molar-refractivity contribution in [2.24, 2.45) is 5.41 Å². The minimum absolute atomic E-state index is 0.136. The number of carbonyl (C=O) groups excluding carboxylic acids is 2. The molecule has 1 aliphatic heterocycles. The Morgan fingerprint density at radius 2 is 1.84 bits per heavy atom. The number of rotatable bonds is 1. The van der Waals surface area contributed by atoms with Gasteiger partial charge in [0.1, 0.15) is 5.75 Å². The van der Waals surface area contributed by atoms with E-state index in [1.165, 1.54) is 11.1 Å². The molecule has 0 saturated carbocycles. The Morgan fingerprint density at radius 3 is 2.53 bits per heavy atom. The standard InChI is InChI=1S/C15H17NO3/c1-19-12-3-2-10-4-5-15(7-11(10)6-12)8-13(17)16-14(18)9-15/h2-3,6H,4-5,7-9H2,1H3,(H,16,17,18). The SMILES string of the molecule is COc1ccc2c(c1)CC1(CC2)CC(=O)NC(=O)C1. The van der Waals surface area contributed by atoms with Gasteiger partial charge in [-0.2, -0.15) is 0 Å². The highest BCUT2D eigenvalue weighted by Gasteiger charge is 2.41. The molecule has 1 aromatic rings. The van der Waals surface area contributed by atoms with Gasteiger partial charge in [-0.05, 0) is 47.9 Å². The molecule has 0 bridgehead atoms. The van der Waals surface area contributed by atoms with Crippen molar-refractivity contribution in [2.45, 2.75) is 32.1 Å². The average molecular weight is 259 g/mol. The van der Waals surface area contributed by atoms with E-state index in [1.807, 2.05) is 12.1 Å². The van der Waals surface area contributed by atoms with Gasteiger partial charge in [-0.3, -0.25) is 14.9 Å². The molecule has 0 atom stereocenters. The molecule has 4 heteroatoms. The second-order valence-corrected chi connectivity index (χ2v) is 5.64. The monoisotopic (exact) mass is 259 g/mol. The summed E-state index contributed by atoms with van der Waals surface area (Å²) in [5, 5.41) is 2.39. The number of ether oxygens (including phenoxy) is 1. The molecule has 3 rings (SSSR count). The Hall–Kier alpha value is -1.84. The average Bonchev–Trinajstić information content (AvgIpc) is 2.36. The topological polar surface area (TPSA) is 55.4 Å². The number of piperidine rings is 1. The second kappa shape index (κ2) is 4.37. The fourth-order valence-electron chi connectivity index (χ4n) is 3.32. The third-order valence-corrected chi connectivity index (χ3v) is 4.25. The number of amides is 2. The predicted octanol–water partition coefficient (Wildman–Crippen LogP) is 1.61. The summed E-state index contributed by atoms with van der Waals surface area (Å²) in [6, 6.07) is 6.09. The molecule has 1 N–H and O–H groups in total. The molecule has 100 valence electrons. The highest BCUT2D eigenvalue weighted by molar-refractivity contribution is 5.98. The zero-order chi connectivity index (χ0) is 13.5. The summed E-state index contributed by atoms with van der Waals surface area (Å²) < 4.78 is 5.25. The van der Waals surface area contributed by atoms with Crippen LogP contribution in [0.25, 0.3) is 0 Å². The van der Waals surface area contributed by atoms with Crippen LogP contribution >= 0.6 is 0 Å². The van der Waals surface area contributed by atoms with E-state index in [-0.39, 0.29) is 17.2 Å². The molecule has 0 radical (unpaired) electrons. The lowest BCUT2D eigenvalue weighted by Gasteiger charge is -2.39. The first-order chi connectivity index (χ1) is 9.10. The van der Waals surface area contributed by atoms with Crippen LogP contribution < -0.4 is 10.1 Å². The van der Waals surface area contributed by atoms with Crippen molar-refractivity contribution in [3.63, 3.8) is 0 Å². The molecule has 1 aromatic carbocycles. The van der Waals surface area contributed by atoms with Gasteiger partial charge in [-0.25, -0.2) is 0 Å². The van der Waals surface area contributed by atoms with Crippen molar-refractivity contribution >= 4 is 11.8 Å². The van der Waals surface area contributed by atoms with E-state index in [9.17, 15) is 9.59 Å². The highest BCUT2D eigenvalue weighted by atomic mass is 16.5. The number of imide groups is 1. The summed E-state index contributed by atoms with van der Waals surface area (Å²) in [5.41, 5.74) is 2.34. The van der Waals surface area contributed by atoms with Crippen LogP contribution in [0.15, 0.2) is 18.2 Å². The maximum atomic E-state index is 11.6. The molecule has 0 aromatic heterocycles. The molecule has 1 saturated heterocycles. The van der Waals surface area contributed by atoms with Gasteiger partial charge < -0.3 is 4.74 Å². The van der Waals surface area contributed by atoms with E-state index in [0.717, 1.165) is 25.0 Å². The van der Waals surface area contributed by atoms with Crippen LogP contribution in [0.5, 0.6) is 5.75 Å².